The van der Waals surface area contributed by atoms with Gasteiger partial charge in [0.05, 0.1) is 0 Å². The van der Waals surface area contributed by atoms with Crippen molar-refractivity contribution in [1.82, 2.24) is 10.6 Å². The standard InChI is InChI=1S/C10H19N3O4/c1-4-6(9(15)16)12-10(17)13-7(5(2)3)8(11)14/h5-7H,4H2,1-3H3,(H2,11,14)(H,15,16)(H2,12,13,17)/t6-,7?/m0/s1. The fourth-order valence-electron chi connectivity index (χ4n) is 1.25. The molecule has 0 saturated carbocycles. The highest BCUT2D eigenvalue weighted by molar-refractivity contribution is 5.88. The van der Waals surface area contributed by atoms with E-state index in [0.717, 1.165) is 0 Å². The number of aliphatic carboxylic acids is 1. The van der Waals surface area contributed by atoms with Gasteiger partial charge in [0, 0.05) is 0 Å². The van der Waals surface area contributed by atoms with E-state index in [-0.39, 0.29) is 12.3 Å². The van der Waals surface area contributed by atoms with Crippen molar-refractivity contribution >= 4 is 17.9 Å². The number of rotatable bonds is 6. The van der Waals surface area contributed by atoms with Gasteiger partial charge >= 0.3 is 12.0 Å². The maximum absolute atomic E-state index is 11.4. The zero-order valence-corrected chi connectivity index (χ0v) is 10.2. The molecule has 1 unspecified atom stereocenters. The molecule has 7 nitrogen and oxygen atoms in total. The molecule has 0 fully saturated rings. The Morgan fingerprint density at radius 2 is 1.76 bits per heavy atom. The predicted molar refractivity (Wildman–Crippen MR) is 61.2 cm³/mol. The summed E-state index contributed by atoms with van der Waals surface area (Å²) in [5.74, 6) is -1.94. The van der Waals surface area contributed by atoms with E-state index >= 15 is 0 Å². The second-order valence-electron chi connectivity index (χ2n) is 4.04. The highest BCUT2D eigenvalue weighted by Crippen LogP contribution is 2.00. The lowest BCUT2D eigenvalue weighted by Crippen LogP contribution is -2.54. The monoisotopic (exact) mass is 245 g/mol. The summed E-state index contributed by atoms with van der Waals surface area (Å²) >= 11 is 0. The Morgan fingerprint density at radius 1 is 1.24 bits per heavy atom. The van der Waals surface area contributed by atoms with Crippen LogP contribution in [0.5, 0.6) is 0 Å². The van der Waals surface area contributed by atoms with E-state index in [1.54, 1.807) is 20.8 Å². The summed E-state index contributed by atoms with van der Waals surface area (Å²) in [6, 6.07) is -2.51. The van der Waals surface area contributed by atoms with Gasteiger partial charge in [0.15, 0.2) is 0 Å². The third-order valence-electron chi connectivity index (χ3n) is 2.27. The topological polar surface area (TPSA) is 122 Å². The molecule has 0 rings (SSSR count). The van der Waals surface area contributed by atoms with Crippen molar-refractivity contribution in [2.75, 3.05) is 0 Å². The van der Waals surface area contributed by atoms with E-state index in [2.05, 4.69) is 10.6 Å². The molecule has 0 aliphatic rings. The van der Waals surface area contributed by atoms with Gasteiger partial charge in [-0.15, -0.1) is 0 Å². The van der Waals surface area contributed by atoms with Crippen LogP contribution in [0.25, 0.3) is 0 Å². The number of nitrogens with two attached hydrogens (primary N) is 1. The van der Waals surface area contributed by atoms with Crippen LogP contribution in [-0.2, 0) is 9.59 Å². The summed E-state index contributed by atoms with van der Waals surface area (Å²) in [5.41, 5.74) is 5.11. The van der Waals surface area contributed by atoms with Gasteiger partial charge in [-0.25, -0.2) is 9.59 Å². The lowest BCUT2D eigenvalue weighted by atomic mass is 10.0. The molecule has 17 heavy (non-hydrogen) atoms. The Hall–Kier alpha value is -1.79. The van der Waals surface area contributed by atoms with E-state index in [0.29, 0.717) is 0 Å². The van der Waals surface area contributed by atoms with Gasteiger partial charge < -0.3 is 21.5 Å². The van der Waals surface area contributed by atoms with Crippen LogP contribution < -0.4 is 16.4 Å². The Bertz CT molecular complexity index is 304. The number of hydrogen-bond donors (Lipinski definition) is 4. The molecule has 0 aromatic rings. The van der Waals surface area contributed by atoms with Crippen molar-refractivity contribution in [2.24, 2.45) is 11.7 Å². The SMILES string of the molecule is CC[C@H](NC(=O)NC(C(N)=O)C(C)C)C(=O)O. The number of primary amides is 1. The highest BCUT2D eigenvalue weighted by atomic mass is 16.4. The van der Waals surface area contributed by atoms with Gasteiger partial charge in [-0.2, -0.15) is 0 Å². The van der Waals surface area contributed by atoms with Crippen molar-refractivity contribution in [2.45, 2.75) is 39.3 Å². The summed E-state index contributed by atoms with van der Waals surface area (Å²) in [6.45, 7) is 5.08. The molecule has 0 spiro atoms. The fraction of sp³-hybridized carbons (Fsp3) is 0.700. The van der Waals surface area contributed by atoms with Gasteiger partial charge in [-0.1, -0.05) is 20.8 Å². The van der Waals surface area contributed by atoms with Crippen LogP contribution in [0.1, 0.15) is 27.2 Å². The van der Waals surface area contributed by atoms with Crippen LogP contribution in [0.3, 0.4) is 0 Å². The van der Waals surface area contributed by atoms with Crippen molar-refractivity contribution in [3.63, 3.8) is 0 Å². The molecule has 0 aliphatic carbocycles. The van der Waals surface area contributed by atoms with E-state index in [4.69, 9.17) is 10.8 Å². The Balaban J connectivity index is 4.42. The van der Waals surface area contributed by atoms with Gasteiger partial charge in [-0.3, -0.25) is 4.79 Å². The normalized spacial score (nSPS) is 13.9. The van der Waals surface area contributed by atoms with Crippen LogP contribution in [0.2, 0.25) is 0 Å². The lowest BCUT2D eigenvalue weighted by Gasteiger charge is -2.20. The van der Waals surface area contributed by atoms with E-state index in [1.807, 2.05) is 0 Å². The quantitative estimate of drug-likeness (QED) is 0.511. The third-order valence-corrected chi connectivity index (χ3v) is 2.27. The maximum atomic E-state index is 11.4. The summed E-state index contributed by atoms with van der Waals surface area (Å²) in [5, 5.41) is 13.3. The Kier molecular flexibility index (Phi) is 6.01. The number of carbonyl (C=O) groups excluding carboxylic acids is 2. The largest absolute Gasteiger partial charge is 0.480 e. The average Bonchev–Trinajstić information content (AvgIpc) is 2.21. The smallest absolute Gasteiger partial charge is 0.326 e. The minimum absolute atomic E-state index is 0.164. The molecule has 0 bridgehead atoms. The van der Waals surface area contributed by atoms with Crippen LogP contribution in [-0.4, -0.2) is 35.1 Å². The van der Waals surface area contributed by atoms with Gasteiger partial charge in [0.1, 0.15) is 12.1 Å². The van der Waals surface area contributed by atoms with E-state index in [9.17, 15) is 14.4 Å². The molecule has 0 saturated heterocycles. The van der Waals surface area contributed by atoms with Gasteiger partial charge in [0.25, 0.3) is 0 Å². The first kappa shape index (κ1) is 15.2. The second-order valence-corrected chi connectivity index (χ2v) is 4.04. The van der Waals surface area contributed by atoms with Crippen LogP contribution in [0.15, 0.2) is 0 Å². The van der Waals surface area contributed by atoms with Crippen LogP contribution in [0, 0.1) is 5.92 Å². The van der Waals surface area contributed by atoms with Crippen molar-refractivity contribution in [3.05, 3.63) is 0 Å². The first-order chi connectivity index (χ1) is 7.79. The average molecular weight is 245 g/mol. The number of carboxylic acid groups (broad SMARTS) is 1. The molecule has 7 heteroatoms. The zero-order valence-electron chi connectivity index (χ0n) is 10.2. The van der Waals surface area contributed by atoms with Gasteiger partial charge in [0.2, 0.25) is 5.91 Å². The number of nitrogens with one attached hydrogen (secondary N) is 2. The minimum atomic E-state index is -1.12. The molecule has 0 heterocycles. The molecule has 2 atom stereocenters. The summed E-state index contributed by atoms with van der Waals surface area (Å²) in [4.78, 5) is 33.2. The molecular weight excluding hydrogens is 226 g/mol. The molecule has 5 N–H and O–H groups in total. The van der Waals surface area contributed by atoms with Crippen LogP contribution >= 0.6 is 0 Å². The molecule has 0 radical (unpaired) electrons. The molecule has 3 amide bonds. The molecule has 0 aromatic carbocycles. The first-order valence-electron chi connectivity index (χ1n) is 5.38. The summed E-state index contributed by atoms with van der Waals surface area (Å²) in [6.07, 6.45) is 0.256. The van der Waals surface area contributed by atoms with Crippen molar-refractivity contribution in [3.8, 4) is 0 Å². The van der Waals surface area contributed by atoms with Gasteiger partial charge in [-0.05, 0) is 12.3 Å². The van der Waals surface area contributed by atoms with E-state index < -0.39 is 30.0 Å². The van der Waals surface area contributed by atoms with Crippen molar-refractivity contribution in [1.29, 1.82) is 0 Å². The Morgan fingerprint density at radius 3 is 2.06 bits per heavy atom. The number of carboxylic acids is 1. The zero-order chi connectivity index (χ0) is 13.6. The molecular formula is C10H19N3O4. The number of urea groups is 1. The third kappa shape index (κ3) is 5.19. The second kappa shape index (κ2) is 6.72. The number of carbonyl (C=O) groups is 3. The molecule has 98 valence electrons. The summed E-state index contributed by atoms with van der Waals surface area (Å²) < 4.78 is 0. The molecule has 0 aromatic heterocycles. The molecule has 0 aliphatic heterocycles. The first-order valence-corrected chi connectivity index (χ1v) is 5.38. The summed E-state index contributed by atoms with van der Waals surface area (Å²) in [7, 11) is 0. The predicted octanol–water partition coefficient (Wildman–Crippen LogP) is -0.341. The fourth-order valence-corrected chi connectivity index (χ4v) is 1.25. The number of amides is 3. The Labute approximate surface area is 99.7 Å². The minimum Gasteiger partial charge on any atom is -0.480 e. The maximum Gasteiger partial charge on any atom is 0.326 e. The lowest BCUT2D eigenvalue weighted by molar-refractivity contribution is -0.139. The van der Waals surface area contributed by atoms with Crippen molar-refractivity contribution < 1.29 is 19.5 Å². The highest BCUT2D eigenvalue weighted by Gasteiger charge is 2.24. The van der Waals surface area contributed by atoms with Crippen LogP contribution in [0.4, 0.5) is 4.79 Å². The number of hydrogen-bond acceptors (Lipinski definition) is 3. The van der Waals surface area contributed by atoms with E-state index in [1.165, 1.54) is 0 Å².